The number of nitriles is 1. The second-order valence-corrected chi connectivity index (χ2v) is 6.72. The highest BCUT2D eigenvalue weighted by molar-refractivity contribution is 7.89. The molecule has 7 heteroatoms. The molecule has 0 spiro atoms. The summed E-state index contributed by atoms with van der Waals surface area (Å²) in [5.41, 5.74) is 1.47. The van der Waals surface area contributed by atoms with Crippen LogP contribution >= 0.6 is 0 Å². The number of sulfonamides is 1. The van der Waals surface area contributed by atoms with Crippen molar-refractivity contribution in [3.8, 4) is 6.07 Å². The molecule has 1 aliphatic rings. The molecule has 1 aromatic carbocycles. The Morgan fingerprint density at radius 2 is 2.05 bits per heavy atom. The van der Waals surface area contributed by atoms with Crippen LogP contribution in [-0.4, -0.2) is 24.6 Å². The number of aliphatic hydroxyl groups excluding tert-OH is 1. The van der Waals surface area contributed by atoms with Gasteiger partial charge in [0.2, 0.25) is 10.0 Å². The van der Waals surface area contributed by atoms with Gasteiger partial charge in [-0.05, 0) is 29.7 Å². The average Bonchev–Trinajstić information content (AvgIpc) is 2.83. The van der Waals surface area contributed by atoms with E-state index in [1.165, 1.54) is 18.3 Å². The minimum atomic E-state index is -3.93. The largest absolute Gasteiger partial charge is 0.387 e. The molecule has 22 heavy (non-hydrogen) atoms. The number of hydrogen-bond acceptors (Lipinski definition) is 5. The Bertz CT molecular complexity index is 858. The van der Waals surface area contributed by atoms with Crippen molar-refractivity contribution in [1.29, 1.82) is 5.26 Å². The first-order chi connectivity index (χ1) is 10.5. The minimum absolute atomic E-state index is 0.167. The van der Waals surface area contributed by atoms with Gasteiger partial charge in [0.25, 0.3) is 0 Å². The van der Waals surface area contributed by atoms with Gasteiger partial charge < -0.3 is 5.11 Å². The molecule has 1 aromatic heterocycles. The fourth-order valence-corrected chi connectivity index (χ4v) is 3.98. The van der Waals surface area contributed by atoms with E-state index in [4.69, 9.17) is 5.26 Å². The molecular formula is C15H13N3O3S. The van der Waals surface area contributed by atoms with E-state index in [2.05, 4.69) is 9.71 Å². The van der Waals surface area contributed by atoms with Gasteiger partial charge in [0.1, 0.15) is 11.0 Å². The molecule has 0 saturated carbocycles. The summed E-state index contributed by atoms with van der Waals surface area (Å²) in [5, 5.41) is 19.3. The molecule has 2 atom stereocenters. The zero-order valence-electron chi connectivity index (χ0n) is 11.5. The van der Waals surface area contributed by atoms with Crippen LogP contribution in [0.4, 0.5) is 0 Å². The van der Waals surface area contributed by atoms with Gasteiger partial charge in [0.05, 0.1) is 12.1 Å². The van der Waals surface area contributed by atoms with Crippen molar-refractivity contribution in [1.82, 2.24) is 9.71 Å². The van der Waals surface area contributed by atoms with Gasteiger partial charge in [-0.15, -0.1) is 0 Å². The maximum atomic E-state index is 12.5. The third kappa shape index (κ3) is 2.48. The van der Waals surface area contributed by atoms with Crippen molar-refractivity contribution in [3.63, 3.8) is 0 Å². The lowest BCUT2D eigenvalue weighted by Gasteiger charge is -2.17. The first-order valence-electron chi connectivity index (χ1n) is 6.66. The first kappa shape index (κ1) is 14.7. The van der Waals surface area contributed by atoms with Gasteiger partial charge in [0.15, 0.2) is 5.69 Å². The maximum Gasteiger partial charge on any atom is 0.243 e. The predicted molar refractivity (Wildman–Crippen MR) is 78.2 cm³/mol. The van der Waals surface area contributed by atoms with Crippen molar-refractivity contribution >= 4 is 10.0 Å². The highest BCUT2D eigenvalue weighted by Crippen LogP contribution is 2.32. The molecule has 112 valence electrons. The normalized spacial score (nSPS) is 20.4. The molecule has 0 amide bonds. The molecule has 2 N–H and O–H groups in total. The van der Waals surface area contributed by atoms with Crippen LogP contribution in [0.15, 0.2) is 47.5 Å². The lowest BCUT2D eigenvalue weighted by molar-refractivity contribution is 0.152. The Hall–Kier alpha value is -2.27. The predicted octanol–water partition coefficient (Wildman–Crippen LogP) is 0.890. The summed E-state index contributed by atoms with van der Waals surface area (Å²) in [7, 11) is -3.93. The molecule has 1 heterocycles. The summed E-state index contributed by atoms with van der Waals surface area (Å²) in [6, 6.07) is 11.2. The van der Waals surface area contributed by atoms with Crippen LogP contribution in [-0.2, 0) is 16.4 Å². The lowest BCUT2D eigenvalue weighted by atomic mass is 10.1. The van der Waals surface area contributed by atoms with Crippen LogP contribution in [0, 0.1) is 11.3 Å². The van der Waals surface area contributed by atoms with Crippen LogP contribution in [0.2, 0.25) is 0 Å². The standard InChI is InChI=1S/C15H13N3O3S/c16-9-13-14(6-3-7-17-13)22(20,21)18-12-8-10-4-1-2-5-11(10)15(12)19/h1-7,12,15,18-19H,8H2. The second kappa shape index (κ2) is 5.50. The Labute approximate surface area is 128 Å². The average molecular weight is 315 g/mol. The van der Waals surface area contributed by atoms with Crippen molar-refractivity contribution in [3.05, 3.63) is 59.4 Å². The summed E-state index contributed by atoms with van der Waals surface area (Å²) >= 11 is 0. The molecule has 0 saturated heterocycles. The number of benzene rings is 1. The SMILES string of the molecule is N#Cc1ncccc1S(=O)(=O)NC1Cc2ccccc2C1O. The fourth-order valence-electron chi connectivity index (χ4n) is 2.63. The van der Waals surface area contributed by atoms with Crippen molar-refractivity contribution in [2.75, 3.05) is 0 Å². The molecule has 0 bridgehead atoms. The molecule has 1 aliphatic carbocycles. The highest BCUT2D eigenvalue weighted by atomic mass is 32.2. The Balaban J connectivity index is 1.90. The van der Waals surface area contributed by atoms with E-state index in [-0.39, 0.29) is 10.6 Å². The van der Waals surface area contributed by atoms with E-state index in [1.807, 2.05) is 12.1 Å². The zero-order chi connectivity index (χ0) is 15.7. The third-order valence-corrected chi connectivity index (χ3v) is 5.19. The Morgan fingerprint density at radius 3 is 2.77 bits per heavy atom. The van der Waals surface area contributed by atoms with Gasteiger partial charge in [-0.25, -0.2) is 18.1 Å². The molecule has 3 rings (SSSR count). The molecule has 0 fully saturated rings. The minimum Gasteiger partial charge on any atom is -0.387 e. The van der Waals surface area contributed by atoms with E-state index < -0.39 is 22.2 Å². The molecule has 6 nitrogen and oxygen atoms in total. The summed E-state index contributed by atoms with van der Waals surface area (Å²) in [6.07, 6.45) is 0.851. The number of aliphatic hydroxyl groups is 1. The molecule has 2 unspecified atom stereocenters. The monoisotopic (exact) mass is 315 g/mol. The lowest BCUT2D eigenvalue weighted by Crippen LogP contribution is -2.38. The maximum absolute atomic E-state index is 12.5. The molecular weight excluding hydrogens is 302 g/mol. The number of aromatic nitrogens is 1. The molecule has 2 aromatic rings. The van der Waals surface area contributed by atoms with E-state index >= 15 is 0 Å². The van der Waals surface area contributed by atoms with Crippen LogP contribution in [0.1, 0.15) is 22.9 Å². The summed E-state index contributed by atoms with van der Waals surface area (Å²) in [4.78, 5) is 3.57. The summed E-state index contributed by atoms with van der Waals surface area (Å²) in [6.45, 7) is 0. The Kier molecular flexibility index (Phi) is 3.66. The van der Waals surface area contributed by atoms with E-state index in [9.17, 15) is 13.5 Å². The van der Waals surface area contributed by atoms with E-state index in [0.29, 0.717) is 6.42 Å². The van der Waals surface area contributed by atoms with Crippen molar-refractivity contribution in [2.45, 2.75) is 23.5 Å². The summed E-state index contributed by atoms with van der Waals surface area (Å²) in [5.74, 6) is 0. The topological polar surface area (TPSA) is 103 Å². The van der Waals surface area contributed by atoms with E-state index in [1.54, 1.807) is 18.2 Å². The van der Waals surface area contributed by atoms with Gasteiger partial charge in [-0.3, -0.25) is 0 Å². The van der Waals surface area contributed by atoms with E-state index in [0.717, 1.165) is 11.1 Å². The number of nitrogens with one attached hydrogen (secondary N) is 1. The number of pyridine rings is 1. The quantitative estimate of drug-likeness (QED) is 0.875. The summed E-state index contributed by atoms with van der Waals surface area (Å²) < 4.78 is 27.4. The van der Waals surface area contributed by atoms with Gasteiger partial charge in [0, 0.05) is 6.20 Å². The van der Waals surface area contributed by atoms with Crippen LogP contribution < -0.4 is 4.72 Å². The van der Waals surface area contributed by atoms with Crippen LogP contribution in [0.3, 0.4) is 0 Å². The number of rotatable bonds is 3. The van der Waals surface area contributed by atoms with Crippen molar-refractivity contribution in [2.24, 2.45) is 0 Å². The second-order valence-electron chi connectivity index (χ2n) is 5.04. The highest BCUT2D eigenvalue weighted by Gasteiger charge is 2.34. The fraction of sp³-hybridized carbons (Fsp3) is 0.200. The van der Waals surface area contributed by atoms with Gasteiger partial charge >= 0.3 is 0 Å². The van der Waals surface area contributed by atoms with Gasteiger partial charge in [-0.2, -0.15) is 5.26 Å². The number of nitrogens with zero attached hydrogens (tertiary/aromatic N) is 2. The van der Waals surface area contributed by atoms with Crippen molar-refractivity contribution < 1.29 is 13.5 Å². The zero-order valence-corrected chi connectivity index (χ0v) is 12.3. The molecule has 0 aliphatic heterocycles. The number of hydrogen-bond donors (Lipinski definition) is 2. The van der Waals surface area contributed by atoms with Gasteiger partial charge in [-0.1, -0.05) is 24.3 Å². The molecule has 0 radical (unpaired) electrons. The van der Waals surface area contributed by atoms with Crippen LogP contribution in [0.5, 0.6) is 0 Å². The number of fused-ring (bicyclic) bond motifs is 1. The third-order valence-electron chi connectivity index (χ3n) is 3.67. The Morgan fingerprint density at radius 1 is 1.27 bits per heavy atom. The smallest absolute Gasteiger partial charge is 0.243 e. The first-order valence-corrected chi connectivity index (χ1v) is 8.14. The van der Waals surface area contributed by atoms with Crippen LogP contribution in [0.25, 0.3) is 0 Å².